The first-order chi connectivity index (χ1) is 8.59. The normalized spacial score (nSPS) is 17.9. The highest BCUT2D eigenvalue weighted by Gasteiger charge is 2.27. The number of anilines is 1. The standard InChI is InChI=1S/C14H26N4/c1-14(2,18-10-7-15-8-11-18)5-9-17(3)13-4-6-16-12-13/h4,6,12,15-16H,5,7-11H2,1-3H3. The largest absolute Gasteiger partial charge is 0.373 e. The fourth-order valence-corrected chi connectivity index (χ4v) is 2.55. The second-order valence-corrected chi connectivity index (χ2v) is 5.79. The summed E-state index contributed by atoms with van der Waals surface area (Å²) in [7, 11) is 2.16. The van der Waals surface area contributed by atoms with Gasteiger partial charge in [0.1, 0.15) is 0 Å². The van der Waals surface area contributed by atoms with Crippen molar-refractivity contribution in [3.05, 3.63) is 18.5 Å². The lowest BCUT2D eigenvalue weighted by molar-refractivity contribution is 0.0975. The number of aromatic nitrogens is 1. The van der Waals surface area contributed by atoms with Crippen LogP contribution in [0.1, 0.15) is 20.3 Å². The first kappa shape index (κ1) is 13.4. The number of piperazine rings is 1. The highest BCUT2D eigenvalue weighted by atomic mass is 15.2. The Morgan fingerprint density at radius 3 is 2.67 bits per heavy atom. The number of nitrogens with zero attached hydrogens (tertiary/aromatic N) is 2. The zero-order valence-corrected chi connectivity index (χ0v) is 11.9. The van der Waals surface area contributed by atoms with Crippen LogP contribution in [0.4, 0.5) is 5.69 Å². The van der Waals surface area contributed by atoms with Crippen molar-refractivity contribution in [1.29, 1.82) is 0 Å². The van der Waals surface area contributed by atoms with Gasteiger partial charge in [-0.1, -0.05) is 0 Å². The third-order valence-electron chi connectivity index (χ3n) is 4.05. The molecule has 0 aromatic carbocycles. The molecule has 2 N–H and O–H groups in total. The molecular weight excluding hydrogens is 224 g/mol. The molecular formula is C14H26N4. The van der Waals surface area contributed by atoms with E-state index in [2.05, 4.69) is 53.3 Å². The molecule has 1 fully saturated rings. The monoisotopic (exact) mass is 250 g/mol. The average molecular weight is 250 g/mol. The molecule has 102 valence electrons. The number of hydrogen-bond donors (Lipinski definition) is 2. The number of hydrogen-bond acceptors (Lipinski definition) is 3. The SMILES string of the molecule is CN(CCC(C)(C)N1CCNCC1)c1cc[nH]c1. The van der Waals surface area contributed by atoms with Crippen LogP contribution in [0.25, 0.3) is 0 Å². The van der Waals surface area contributed by atoms with Crippen molar-refractivity contribution >= 4 is 5.69 Å². The minimum Gasteiger partial charge on any atom is -0.373 e. The Kier molecular flexibility index (Phi) is 4.30. The van der Waals surface area contributed by atoms with Crippen LogP contribution in [0.3, 0.4) is 0 Å². The van der Waals surface area contributed by atoms with Crippen LogP contribution in [0.2, 0.25) is 0 Å². The Morgan fingerprint density at radius 2 is 2.06 bits per heavy atom. The van der Waals surface area contributed by atoms with Crippen molar-refractivity contribution in [2.75, 3.05) is 44.7 Å². The molecule has 2 rings (SSSR count). The molecule has 0 aliphatic carbocycles. The van der Waals surface area contributed by atoms with Gasteiger partial charge in [-0.05, 0) is 26.3 Å². The van der Waals surface area contributed by atoms with Gasteiger partial charge in [-0.3, -0.25) is 4.90 Å². The van der Waals surface area contributed by atoms with Crippen LogP contribution in [0.5, 0.6) is 0 Å². The summed E-state index contributed by atoms with van der Waals surface area (Å²) in [6, 6.07) is 2.12. The summed E-state index contributed by atoms with van der Waals surface area (Å²) < 4.78 is 0. The van der Waals surface area contributed by atoms with Crippen molar-refractivity contribution in [2.24, 2.45) is 0 Å². The molecule has 1 aliphatic heterocycles. The quantitative estimate of drug-likeness (QED) is 0.831. The maximum atomic E-state index is 3.42. The Morgan fingerprint density at radius 1 is 1.33 bits per heavy atom. The Balaban J connectivity index is 1.84. The van der Waals surface area contributed by atoms with E-state index in [0.717, 1.165) is 19.6 Å². The number of rotatable bonds is 5. The van der Waals surface area contributed by atoms with Crippen LogP contribution in [-0.4, -0.2) is 55.2 Å². The Hall–Kier alpha value is -1.00. The molecule has 1 aliphatic rings. The highest BCUT2D eigenvalue weighted by molar-refractivity contribution is 5.42. The second kappa shape index (κ2) is 5.76. The molecule has 0 spiro atoms. The van der Waals surface area contributed by atoms with Crippen LogP contribution in [-0.2, 0) is 0 Å². The molecule has 4 heteroatoms. The molecule has 0 unspecified atom stereocenters. The first-order valence-electron chi connectivity index (χ1n) is 6.89. The van der Waals surface area contributed by atoms with Crippen LogP contribution < -0.4 is 10.2 Å². The lowest BCUT2D eigenvalue weighted by Crippen LogP contribution is -2.54. The molecule has 1 aromatic heterocycles. The number of H-pyrrole nitrogens is 1. The predicted octanol–water partition coefficient (Wildman–Crippen LogP) is 1.52. The van der Waals surface area contributed by atoms with E-state index in [4.69, 9.17) is 0 Å². The van der Waals surface area contributed by atoms with Gasteiger partial charge in [0.2, 0.25) is 0 Å². The van der Waals surface area contributed by atoms with E-state index in [1.165, 1.54) is 25.2 Å². The van der Waals surface area contributed by atoms with Crippen molar-refractivity contribution in [1.82, 2.24) is 15.2 Å². The second-order valence-electron chi connectivity index (χ2n) is 5.79. The predicted molar refractivity (Wildman–Crippen MR) is 77.2 cm³/mol. The summed E-state index contributed by atoms with van der Waals surface area (Å²) in [6.45, 7) is 10.4. The Bertz CT molecular complexity index is 339. The molecule has 0 radical (unpaired) electrons. The van der Waals surface area contributed by atoms with Gasteiger partial charge in [0, 0.05) is 57.7 Å². The summed E-state index contributed by atoms with van der Waals surface area (Å²) >= 11 is 0. The lowest BCUT2D eigenvalue weighted by atomic mass is 9.97. The van der Waals surface area contributed by atoms with Crippen molar-refractivity contribution < 1.29 is 0 Å². The highest BCUT2D eigenvalue weighted by Crippen LogP contribution is 2.21. The van der Waals surface area contributed by atoms with E-state index in [9.17, 15) is 0 Å². The fraction of sp³-hybridized carbons (Fsp3) is 0.714. The first-order valence-corrected chi connectivity index (χ1v) is 6.89. The third-order valence-corrected chi connectivity index (χ3v) is 4.05. The maximum Gasteiger partial charge on any atom is 0.0541 e. The van der Waals surface area contributed by atoms with Crippen LogP contribution in [0, 0.1) is 0 Å². The van der Waals surface area contributed by atoms with Crippen molar-refractivity contribution in [2.45, 2.75) is 25.8 Å². The van der Waals surface area contributed by atoms with Crippen molar-refractivity contribution in [3.8, 4) is 0 Å². The van der Waals surface area contributed by atoms with Gasteiger partial charge in [-0.2, -0.15) is 0 Å². The smallest absolute Gasteiger partial charge is 0.0541 e. The van der Waals surface area contributed by atoms with Gasteiger partial charge in [0.05, 0.1) is 5.69 Å². The van der Waals surface area contributed by atoms with Crippen LogP contribution >= 0.6 is 0 Å². The molecule has 0 amide bonds. The molecule has 2 heterocycles. The van der Waals surface area contributed by atoms with E-state index < -0.39 is 0 Å². The van der Waals surface area contributed by atoms with E-state index >= 15 is 0 Å². The minimum atomic E-state index is 0.284. The third kappa shape index (κ3) is 3.27. The van der Waals surface area contributed by atoms with E-state index in [1.54, 1.807) is 0 Å². The summed E-state index contributed by atoms with van der Waals surface area (Å²) in [5.41, 5.74) is 1.55. The van der Waals surface area contributed by atoms with Gasteiger partial charge >= 0.3 is 0 Å². The fourth-order valence-electron chi connectivity index (χ4n) is 2.55. The molecule has 4 nitrogen and oxygen atoms in total. The van der Waals surface area contributed by atoms with Gasteiger partial charge in [0.15, 0.2) is 0 Å². The van der Waals surface area contributed by atoms with Gasteiger partial charge in [-0.25, -0.2) is 0 Å². The lowest BCUT2D eigenvalue weighted by Gasteiger charge is -2.42. The number of aromatic amines is 1. The summed E-state index contributed by atoms with van der Waals surface area (Å²) in [5, 5.41) is 3.42. The molecule has 0 atom stereocenters. The zero-order chi connectivity index (χ0) is 13.0. The zero-order valence-electron chi connectivity index (χ0n) is 11.9. The number of nitrogens with one attached hydrogen (secondary N) is 2. The maximum absolute atomic E-state index is 3.42. The van der Waals surface area contributed by atoms with E-state index in [0.29, 0.717) is 0 Å². The summed E-state index contributed by atoms with van der Waals surface area (Å²) in [4.78, 5) is 8.04. The van der Waals surface area contributed by atoms with Gasteiger partial charge in [0.25, 0.3) is 0 Å². The average Bonchev–Trinajstić information content (AvgIpc) is 2.91. The van der Waals surface area contributed by atoms with Crippen molar-refractivity contribution in [3.63, 3.8) is 0 Å². The molecule has 0 bridgehead atoms. The van der Waals surface area contributed by atoms with E-state index in [-0.39, 0.29) is 5.54 Å². The topological polar surface area (TPSA) is 34.3 Å². The minimum absolute atomic E-state index is 0.284. The molecule has 18 heavy (non-hydrogen) atoms. The summed E-state index contributed by atoms with van der Waals surface area (Å²) in [5.74, 6) is 0. The van der Waals surface area contributed by atoms with Gasteiger partial charge in [-0.15, -0.1) is 0 Å². The molecule has 0 saturated carbocycles. The van der Waals surface area contributed by atoms with Gasteiger partial charge < -0.3 is 15.2 Å². The van der Waals surface area contributed by atoms with Crippen LogP contribution in [0.15, 0.2) is 18.5 Å². The Labute approximate surface area is 110 Å². The molecule has 1 aromatic rings. The summed E-state index contributed by atoms with van der Waals surface area (Å²) in [6.07, 6.45) is 5.22. The van der Waals surface area contributed by atoms with E-state index in [1.807, 2.05) is 6.20 Å². The molecule has 1 saturated heterocycles.